The van der Waals surface area contributed by atoms with Gasteiger partial charge in [-0.3, -0.25) is 5.43 Å². The Balaban J connectivity index is 2.11. The number of methoxy groups -OCH3 is 1. The molecule has 1 aromatic heterocycles. The summed E-state index contributed by atoms with van der Waals surface area (Å²) in [6, 6.07) is 7.42. The van der Waals surface area contributed by atoms with E-state index in [2.05, 4.69) is 25.7 Å². The molecule has 1 heterocycles. The summed E-state index contributed by atoms with van der Waals surface area (Å²) in [4.78, 5) is 14.7. The van der Waals surface area contributed by atoms with E-state index in [9.17, 15) is 4.79 Å². The van der Waals surface area contributed by atoms with Crippen LogP contribution in [0.15, 0.2) is 34.2 Å². The van der Waals surface area contributed by atoms with Gasteiger partial charge in [0.2, 0.25) is 0 Å². The van der Waals surface area contributed by atoms with Crippen LogP contribution in [0.2, 0.25) is 0 Å². The number of aromatic amines is 1. The molecule has 0 unspecified atom stereocenters. The molecule has 7 heteroatoms. The molecule has 0 aliphatic heterocycles. The highest BCUT2D eigenvalue weighted by atomic mass is 16.5. The summed E-state index contributed by atoms with van der Waals surface area (Å²) in [6.07, 6.45) is 1.60. The molecule has 0 bridgehead atoms. The van der Waals surface area contributed by atoms with E-state index in [4.69, 9.17) is 4.74 Å². The molecule has 2 rings (SSSR count). The molecule has 0 radical (unpaired) electrons. The normalized spacial score (nSPS) is 10.6. The Morgan fingerprint density at radius 2 is 2.32 bits per heavy atom. The predicted octanol–water partition coefficient (Wildman–Crippen LogP) is 0.928. The number of nitrogens with zero attached hydrogens (tertiary/aromatic N) is 3. The minimum absolute atomic E-state index is 0.322. The van der Waals surface area contributed by atoms with Gasteiger partial charge < -0.3 is 4.74 Å². The lowest BCUT2D eigenvalue weighted by Gasteiger charge is -2.01. The molecular formula is C12H13N5O2. The Kier molecular flexibility index (Phi) is 3.87. The first-order valence-electron chi connectivity index (χ1n) is 5.55. The number of H-pyrrole nitrogens is 1. The summed E-state index contributed by atoms with van der Waals surface area (Å²) in [5, 5.41) is 10.0. The van der Waals surface area contributed by atoms with Gasteiger partial charge in [-0.15, -0.1) is 0 Å². The molecule has 0 amide bonds. The van der Waals surface area contributed by atoms with E-state index in [0.29, 0.717) is 11.5 Å². The van der Waals surface area contributed by atoms with Crippen LogP contribution >= 0.6 is 0 Å². The van der Waals surface area contributed by atoms with Crippen molar-refractivity contribution >= 4 is 12.0 Å². The van der Waals surface area contributed by atoms with Crippen LogP contribution in [-0.4, -0.2) is 28.5 Å². The minimum Gasteiger partial charge on any atom is -0.497 e. The van der Waals surface area contributed by atoms with E-state index in [-0.39, 0.29) is 0 Å². The average molecular weight is 259 g/mol. The van der Waals surface area contributed by atoms with Crippen molar-refractivity contribution < 1.29 is 4.74 Å². The maximum atomic E-state index is 11.0. The maximum absolute atomic E-state index is 11.0. The number of anilines is 1. The Morgan fingerprint density at radius 1 is 1.47 bits per heavy atom. The van der Waals surface area contributed by atoms with Crippen molar-refractivity contribution in [3.8, 4) is 5.75 Å². The van der Waals surface area contributed by atoms with E-state index in [1.54, 1.807) is 20.2 Å². The standard InChI is InChI=1S/C12H13N5O2/c1-8-11(14-12(18)17-15-8)16-13-7-9-4-3-5-10(6-9)19-2/h3-7H,1-2H3,(H2,14,16,17,18)/b13-7-. The number of nitrogens with one attached hydrogen (secondary N) is 2. The third-order valence-corrected chi connectivity index (χ3v) is 2.35. The second kappa shape index (κ2) is 5.76. The van der Waals surface area contributed by atoms with Gasteiger partial charge in [-0.25, -0.2) is 9.89 Å². The lowest BCUT2D eigenvalue weighted by Crippen LogP contribution is -2.15. The maximum Gasteiger partial charge on any atom is 0.363 e. The highest BCUT2D eigenvalue weighted by Gasteiger charge is 2.00. The van der Waals surface area contributed by atoms with Crippen molar-refractivity contribution in [2.45, 2.75) is 6.92 Å². The largest absolute Gasteiger partial charge is 0.497 e. The summed E-state index contributed by atoms with van der Waals surface area (Å²) >= 11 is 0. The van der Waals surface area contributed by atoms with Crippen LogP contribution in [0.3, 0.4) is 0 Å². The van der Waals surface area contributed by atoms with Gasteiger partial charge in [0.15, 0.2) is 5.82 Å². The first-order valence-corrected chi connectivity index (χ1v) is 5.55. The topological polar surface area (TPSA) is 92.3 Å². The molecule has 0 fully saturated rings. The number of rotatable bonds is 4. The smallest absolute Gasteiger partial charge is 0.363 e. The number of ether oxygens (including phenoxy) is 1. The van der Waals surface area contributed by atoms with Gasteiger partial charge in [0, 0.05) is 0 Å². The lowest BCUT2D eigenvalue weighted by atomic mass is 10.2. The monoisotopic (exact) mass is 259 g/mol. The van der Waals surface area contributed by atoms with Crippen molar-refractivity contribution in [3.63, 3.8) is 0 Å². The molecule has 7 nitrogen and oxygen atoms in total. The molecule has 98 valence electrons. The summed E-state index contributed by atoms with van der Waals surface area (Å²) in [7, 11) is 1.60. The van der Waals surface area contributed by atoms with Crippen LogP contribution < -0.4 is 15.9 Å². The molecule has 0 aliphatic carbocycles. The highest BCUT2D eigenvalue weighted by Crippen LogP contribution is 2.11. The fraction of sp³-hybridized carbons (Fsp3) is 0.167. The molecule has 0 atom stereocenters. The van der Waals surface area contributed by atoms with Gasteiger partial charge in [-0.2, -0.15) is 15.2 Å². The third-order valence-electron chi connectivity index (χ3n) is 2.35. The number of aryl methyl sites for hydroxylation is 1. The first kappa shape index (κ1) is 12.7. The fourth-order valence-corrected chi connectivity index (χ4v) is 1.39. The van der Waals surface area contributed by atoms with Gasteiger partial charge in [-0.05, 0) is 24.6 Å². The van der Waals surface area contributed by atoms with Gasteiger partial charge in [0.05, 0.1) is 13.3 Å². The number of aromatic nitrogens is 3. The zero-order valence-corrected chi connectivity index (χ0v) is 10.5. The second-order valence-electron chi connectivity index (χ2n) is 3.72. The van der Waals surface area contributed by atoms with Crippen molar-refractivity contribution in [2.24, 2.45) is 5.10 Å². The van der Waals surface area contributed by atoms with E-state index >= 15 is 0 Å². The van der Waals surface area contributed by atoms with Crippen LogP contribution in [0.4, 0.5) is 5.82 Å². The zero-order chi connectivity index (χ0) is 13.7. The van der Waals surface area contributed by atoms with Crippen LogP contribution in [0.1, 0.15) is 11.3 Å². The second-order valence-corrected chi connectivity index (χ2v) is 3.72. The van der Waals surface area contributed by atoms with E-state index < -0.39 is 5.69 Å². The van der Waals surface area contributed by atoms with Crippen molar-refractivity contribution in [1.82, 2.24) is 15.2 Å². The van der Waals surface area contributed by atoms with E-state index in [1.165, 1.54) is 0 Å². The van der Waals surface area contributed by atoms with Gasteiger partial charge in [0.25, 0.3) is 0 Å². The number of benzene rings is 1. The highest BCUT2D eigenvalue weighted by molar-refractivity contribution is 5.80. The minimum atomic E-state index is -0.523. The summed E-state index contributed by atoms with van der Waals surface area (Å²) < 4.78 is 5.10. The van der Waals surface area contributed by atoms with Crippen LogP contribution in [0.25, 0.3) is 0 Å². The van der Waals surface area contributed by atoms with E-state index in [1.807, 2.05) is 24.3 Å². The quantitative estimate of drug-likeness (QED) is 0.629. The first-order chi connectivity index (χ1) is 9.19. The third kappa shape index (κ3) is 3.38. The van der Waals surface area contributed by atoms with Gasteiger partial charge >= 0.3 is 5.69 Å². The molecule has 0 saturated heterocycles. The molecule has 2 aromatic rings. The lowest BCUT2D eigenvalue weighted by molar-refractivity contribution is 0.415. The molecule has 19 heavy (non-hydrogen) atoms. The fourth-order valence-electron chi connectivity index (χ4n) is 1.39. The Morgan fingerprint density at radius 3 is 3.11 bits per heavy atom. The Bertz CT molecular complexity index is 651. The molecule has 0 saturated carbocycles. The SMILES string of the molecule is COc1cccc(/C=N\Nc2nc(=O)[nH]nc2C)c1. The number of hydrogen-bond donors (Lipinski definition) is 2. The van der Waals surface area contributed by atoms with Crippen molar-refractivity contribution in [3.05, 3.63) is 46.0 Å². The van der Waals surface area contributed by atoms with Crippen molar-refractivity contribution in [1.29, 1.82) is 0 Å². The average Bonchev–Trinajstić information content (AvgIpc) is 2.43. The summed E-state index contributed by atoms with van der Waals surface area (Å²) in [5.41, 5.74) is 3.57. The Hall–Kier alpha value is -2.70. The Labute approximate surface area is 109 Å². The molecule has 1 aromatic carbocycles. The number of hydrogen-bond acceptors (Lipinski definition) is 6. The van der Waals surface area contributed by atoms with Gasteiger partial charge in [-0.1, -0.05) is 12.1 Å². The van der Waals surface area contributed by atoms with Crippen LogP contribution in [-0.2, 0) is 0 Å². The van der Waals surface area contributed by atoms with E-state index in [0.717, 1.165) is 11.3 Å². The van der Waals surface area contributed by atoms with Gasteiger partial charge in [0.1, 0.15) is 11.4 Å². The molecule has 2 N–H and O–H groups in total. The zero-order valence-electron chi connectivity index (χ0n) is 10.5. The van der Waals surface area contributed by atoms with Crippen LogP contribution in [0, 0.1) is 6.92 Å². The molecular weight excluding hydrogens is 246 g/mol. The molecule has 0 spiro atoms. The summed E-state index contributed by atoms with van der Waals surface area (Å²) in [6.45, 7) is 1.71. The molecule has 0 aliphatic rings. The number of hydrazone groups is 1. The van der Waals surface area contributed by atoms with Crippen LogP contribution in [0.5, 0.6) is 5.75 Å². The van der Waals surface area contributed by atoms with Crippen molar-refractivity contribution in [2.75, 3.05) is 12.5 Å². The summed E-state index contributed by atoms with van der Waals surface area (Å²) in [5.74, 6) is 1.07. The predicted molar refractivity (Wildman–Crippen MR) is 71.6 cm³/mol.